The van der Waals surface area contributed by atoms with Crippen LogP contribution in [0.2, 0.25) is 0 Å². The Morgan fingerprint density at radius 2 is 1.70 bits per heavy atom. The number of fused-ring (bicyclic) bond motifs is 1. The summed E-state index contributed by atoms with van der Waals surface area (Å²) in [6, 6.07) is 18.8. The summed E-state index contributed by atoms with van der Waals surface area (Å²) in [6.07, 6.45) is -4.49. The van der Waals surface area contributed by atoms with Gasteiger partial charge in [0, 0.05) is 49.8 Å². The quantitative estimate of drug-likeness (QED) is 0.109. The molecule has 4 rings (SSSR count). The van der Waals surface area contributed by atoms with Crippen molar-refractivity contribution in [3.8, 4) is 17.6 Å². The maximum atomic E-state index is 13.7. The molecule has 0 fully saturated rings. The average molecular weight is 662 g/mol. The van der Waals surface area contributed by atoms with Crippen LogP contribution in [-0.4, -0.2) is 68.9 Å². The smallest absolute Gasteiger partial charge is 0.406 e. The van der Waals surface area contributed by atoms with E-state index in [4.69, 9.17) is 19.3 Å². The fourth-order valence-electron chi connectivity index (χ4n) is 4.76. The van der Waals surface area contributed by atoms with Crippen LogP contribution in [0.15, 0.2) is 71.6 Å². The van der Waals surface area contributed by atoms with Crippen LogP contribution in [-0.2, 0) is 27.0 Å². The normalized spacial score (nSPS) is 12.0. The Morgan fingerprint density at radius 1 is 0.978 bits per heavy atom. The minimum absolute atomic E-state index is 0.00445. The van der Waals surface area contributed by atoms with E-state index >= 15 is 0 Å². The zero-order chi connectivity index (χ0) is 33.1. The van der Waals surface area contributed by atoms with Crippen molar-refractivity contribution in [3.05, 3.63) is 72.4 Å². The van der Waals surface area contributed by atoms with E-state index in [-0.39, 0.29) is 22.9 Å². The third-order valence-electron chi connectivity index (χ3n) is 6.90. The van der Waals surface area contributed by atoms with E-state index in [1.54, 1.807) is 38.5 Å². The van der Waals surface area contributed by atoms with Gasteiger partial charge in [-0.25, -0.2) is 13.7 Å². The summed E-state index contributed by atoms with van der Waals surface area (Å²) in [5, 5.41) is 12.2. The van der Waals surface area contributed by atoms with Gasteiger partial charge >= 0.3 is 6.18 Å². The highest BCUT2D eigenvalue weighted by Gasteiger charge is 2.30. The molecule has 1 atom stereocenters. The molecule has 9 nitrogen and oxygen atoms in total. The average Bonchev–Trinajstić information content (AvgIpc) is 3.37. The Hall–Kier alpha value is -4.29. The lowest BCUT2D eigenvalue weighted by Crippen LogP contribution is -2.30. The number of aromatic nitrogens is 1. The lowest BCUT2D eigenvalue weighted by Gasteiger charge is -2.24. The molecule has 0 spiro atoms. The molecule has 0 aliphatic rings. The van der Waals surface area contributed by atoms with Crippen molar-refractivity contribution in [2.24, 2.45) is 5.14 Å². The van der Waals surface area contributed by atoms with E-state index in [1.807, 2.05) is 24.3 Å². The van der Waals surface area contributed by atoms with E-state index in [1.165, 1.54) is 18.2 Å². The Balaban J connectivity index is 1.58. The molecule has 1 heterocycles. The topological polar surface area (TPSA) is 103 Å². The number of methoxy groups -OCH3 is 2. The number of alkyl halides is 4. The van der Waals surface area contributed by atoms with E-state index in [2.05, 4.69) is 27.4 Å². The maximum absolute atomic E-state index is 13.7. The fourth-order valence-corrected chi connectivity index (χ4v) is 5.18. The number of halogens is 4. The second kappa shape index (κ2) is 16.3. The summed E-state index contributed by atoms with van der Waals surface area (Å²) in [5.41, 5.74) is 3.24. The Kier molecular flexibility index (Phi) is 12.3. The molecule has 4 N–H and O–H groups in total. The SMILES string of the molecule is COCCN(CCOC)c1ccc(Nc2cccc3c2cc(C#CCNc2ccc(S(N)=O)cc2OCF)n3CC(F)(F)F)cc1. The molecular weight excluding hydrogens is 626 g/mol. The molecule has 0 bridgehead atoms. The molecule has 46 heavy (non-hydrogen) atoms. The van der Waals surface area contributed by atoms with Gasteiger partial charge in [0.25, 0.3) is 0 Å². The Labute approximate surface area is 267 Å². The largest absolute Gasteiger partial charge is 0.461 e. The van der Waals surface area contributed by atoms with E-state index in [0.717, 1.165) is 15.9 Å². The van der Waals surface area contributed by atoms with E-state index < -0.39 is 30.6 Å². The van der Waals surface area contributed by atoms with Gasteiger partial charge in [0.2, 0.25) is 6.86 Å². The summed E-state index contributed by atoms with van der Waals surface area (Å²) in [7, 11) is 1.50. The van der Waals surface area contributed by atoms with Crippen molar-refractivity contribution >= 4 is 44.6 Å². The standard InChI is InChI=1S/C32H35F4N5O4S/c1-43-17-15-40(16-18-44-2)24-10-8-23(9-11-24)39-28-6-3-7-30-27(28)19-25(41(30)21-32(34,35)36)5-4-14-38-29-13-12-26(46(37)42)20-31(29)45-22-33/h3,6-13,19-20,38-39H,14-18,21-22,37H2,1-2H3. The Bertz CT molecular complexity index is 1680. The van der Waals surface area contributed by atoms with Crippen LogP contribution in [0, 0.1) is 11.8 Å². The molecule has 3 aromatic carbocycles. The van der Waals surface area contributed by atoms with Gasteiger partial charge in [-0.05, 0) is 66.6 Å². The van der Waals surface area contributed by atoms with Gasteiger partial charge in [0.1, 0.15) is 23.3 Å². The molecular formula is C32H35F4N5O4S. The summed E-state index contributed by atoms with van der Waals surface area (Å²) >= 11 is 0. The van der Waals surface area contributed by atoms with Crippen molar-refractivity contribution in [2.45, 2.75) is 17.6 Å². The summed E-state index contributed by atoms with van der Waals surface area (Å²) < 4.78 is 82.0. The van der Waals surface area contributed by atoms with Gasteiger partial charge in [0.05, 0.1) is 41.6 Å². The predicted octanol–water partition coefficient (Wildman–Crippen LogP) is 5.80. The predicted molar refractivity (Wildman–Crippen MR) is 173 cm³/mol. The van der Waals surface area contributed by atoms with Crippen LogP contribution in [0.5, 0.6) is 5.75 Å². The number of hydrogen-bond acceptors (Lipinski definition) is 7. The summed E-state index contributed by atoms with van der Waals surface area (Å²) in [4.78, 5) is 2.38. The van der Waals surface area contributed by atoms with Crippen molar-refractivity contribution in [1.82, 2.24) is 4.57 Å². The molecule has 0 radical (unpaired) electrons. The summed E-state index contributed by atoms with van der Waals surface area (Å²) in [5.74, 6) is 5.74. The van der Waals surface area contributed by atoms with Gasteiger partial charge in [-0.15, -0.1) is 0 Å². The lowest BCUT2D eigenvalue weighted by molar-refractivity contribution is -0.140. The van der Waals surface area contributed by atoms with Gasteiger partial charge in [0.15, 0.2) is 0 Å². The van der Waals surface area contributed by atoms with Gasteiger partial charge in [-0.2, -0.15) is 13.2 Å². The number of nitrogens with zero attached hydrogens (tertiary/aromatic N) is 2. The number of hydrogen-bond donors (Lipinski definition) is 3. The van der Waals surface area contributed by atoms with Crippen LogP contribution in [0.25, 0.3) is 10.9 Å². The molecule has 1 aromatic heterocycles. The monoisotopic (exact) mass is 661 g/mol. The molecule has 4 aromatic rings. The van der Waals surface area contributed by atoms with Crippen LogP contribution in [0.1, 0.15) is 5.69 Å². The molecule has 0 aliphatic carbocycles. The third-order valence-corrected chi connectivity index (χ3v) is 7.62. The van der Waals surface area contributed by atoms with E-state index in [0.29, 0.717) is 48.6 Å². The van der Waals surface area contributed by atoms with Gasteiger partial charge < -0.3 is 34.3 Å². The van der Waals surface area contributed by atoms with Crippen LogP contribution in [0.3, 0.4) is 0 Å². The number of rotatable bonds is 15. The molecule has 246 valence electrons. The molecule has 14 heteroatoms. The van der Waals surface area contributed by atoms with Crippen molar-refractivity contribution in [1.29, 1.82) is 0 Å². The molecule has 1 unspecified atom stereocenters. The minimum Gasteiger partial charge on any atom is -0.461 e. The number of benzene rings is 3. The molecule has 0 amide bonds. The van der Waals surface area contributed by atoms with Crippen molar-refractivity contribution in [2.75, 3.05) is 69.5 Å². The molecule has 0 saturated carbocycles. The first-order chi connectivity index (χ1) is 22.1. The van der Waals surface area contributed by atoms with Crippen molar-refractivity contribution < 1.29 is 36.0 Å². The number of ether oxygens (including phenoxy) is 3. The summed E-state index contributed by atoms with van der Waals surface area (Å²) in [6.45, 7) is 0.144. The number of nitrogens with one attached hydrogen (secondary N) is 2. The highest BCUT2D eigenvalue weighted by molar-refractivity contribution is 7.82. The highest BCUT2D eigenvalue weighted by Crippen LogP contribution is 2.32. The molecule has 0 saturated heterocycles. The Morgan fingerprint density at radius 3 is 2.33 bits per heavy atom. The number of anilines is 4. The first-order valence-electron chi connectivity index (χ1n) is 14.1. The van der Waals surface area contributed by atoms with Gasteiger partial charge in [-0.1, -0.05) is 12.0 Å². The first-order valence-corrected chi connectivity index (χ1v) is 15.4. The highest BCUT2D eigenvalue weighted by atomic mass is 32.2. The second-order valence-corrected chi connectivity index (χ2v) is 11.0. The second-order valence-electron chi connectivity index (χ2n) is 9.98. The van der Waals surface area contributed by atoms with Gasteiger partial charge in [-0.3, -0.25) is 0 Å². The van der Waals surface area contributed by atoms with Crippen LogP contribution in [0.4, 0.5) is 40.3 Å². The zero-order valence-corrected chi connectivity index (χ0v) is 26.1. The van der Waals surface area contributed by atoms with Crippen LogP contribution < -0.4 is 25.4 Å². The van der Waals surface area contributed by atoms with Crippen LogP contribution >= 0.6 is 0 Å². The van der Waals surface area contributed by atoms with E-state index in [9.17, 15) is 21.8 Å². The number of nitrogens with two attached hydrogens (primary N) is 1. The minimum atomic E-state index is -4.49. The maximum Gasteiger partial charge on any atom is 0.406 e. The fraction of sp³-hybridized carbons (Fsp3) is 0.312. The zero-order valence-electron chi connectivity index (χ0n) is 25.3. The third kappa shape index (κ3) is 9.37. The van der Waals surface area contributed by atoms with Crippen molar-refractivity contribution in [3.63, 3.8) is 0 Å². The lowest BCUT2D eigenvalue weighted by atomic mass is 10.2. The first kappa shape index (κ1) is 34.6. The molecule has 0 aliphatic heterocycles.